The summed E-state index contributed by atoms with van der Waals surface area (Å²) in [5.74, 6) is -1.30. The molecule has 0 aromatic heterocycles. The van der Waals surface area contributed by atoms with E-state index >= 15 is 0 Å². The summed E-state index contributed by atoms with van der Waals surface area (Å²) in [4.78, 5) is 11.3. The Bertz CT molecular complexity index is 931. The van der Waals surface area contributed by atoms with Gasteiger partial charge in [0.15, 0.2) is 0 Å². The molecule has 0 radical (unpaired) electrons. The number of anilines is 1. The van der Waals surface area contributed by atoms with Crippen LogP contribution >= 0.6 is 34.8 Å². The van der Waals surface area contributed by atoms with Crippen molar-refractivity contribution in [1.82, 2.24) is 0 Å². The summed E-state index contributed by atoms with van der Waals surface area (Å²) in [5.41, 5.74) is 0.800. The van der Waals surface area contributed by atoms with Gasteiger partial charge >= 0.3 is 5.97 Å². The maximum Gasteiger partial charge on any atom is 0.327 e. The Morgan fingerprint density at radius 2 is 1.64 bits per heavy atom. The van der Waals surface area contributed by atoms with E-state index in [4.69, 9.17) is 34.8 Å². The van der Waals surface area contributed by atoms with Crippen LogP contribution in [0.25, 0.3) is 0 Å². The molecule has 0 fully saturated rings. The quantitative estimate of drug-likeness (QED) is 0.762. The zero-order chi connectivity index (χ0) is 18.9. The number of hydrogen-bond donors (Lipinski definition) is 1. The van der Waals surface area contributed by atoms with Crippen LogP contribution in [0.4, 0.5) is 5.69 Å². The van der Waals surface area contributed by atoms with Gasteiger partial charge in [0.1, 0.15) is 6.04 Å². The van der Waals surface area contributed by atoms with Crippen molar-refractivity contribution in [2.24, 2.45) is 0 Å². The Morgan fingerprint density at radius 1 is 1.04 bits per heavy atom. The van der Waals surface area contributed by atoms with Crippen LogP contribution in [0, 0.1) is 6.92 Å². The summed E-state index contributed by atoms with van der Waals surface area (Å²) >= 11 is 17.7. The number of carbonyl (C=O) groups is 1. The van der Waals surface area contributed by atoms with Gasteiger partial charge in [0.05, 0.1) is 20.6 Å². The number of benzene rings is 2. The van der Waals surface area contributed by atoms with E-state index in [1.54, 1.807) is 6.92 Å². The largest absolute Gasteiger partial charge is 0.480 e. The second kappa shape index (κ2) is 7.41. The predicted octanol–water partition coefficient (Wildman–Crippen LogP) is 4.62. The molecule has 2 aromatic rings. The molecule has 134 valence electrons. The topological polar surface area (TPSA) is 74.7 Å². The molecule has 0 heterocycles. The van der Waals surface area contributed by atoms with E-state index in [1.165, 1.54) is 43.3 Å². The van der Waals surface area contributed by atoms with Gasteiger partial charge in [-0.15, -0.1) is 0 Å². The minimum atomic E-state index is -4.20. The Morgan fingerprint density at radius 3 is 2.16 bits per heavy atom. The van der Waals surface area contributed by atoms with E-state index in [2.05, 4.69) is 0 Å². The van der Waals surface area contributed by atoms with Gasteiger partial charge in [0.2, 0.25) is 0 Å². The van der Waals surface area contributed by atoms with Gasteiger partial charge in [0.25, 0.3) is 10.0 Å². The monoisotopic (exact) mass is 421 g/mol. The summed E-state index contributed by atoms with van der Waals surface area (Å²) < 4.78 is 27.0. The first kappa shape index (κ1) is 19.8. The first-order valence-electron chi connectivity index (χ1n) is 7.04. The molecule has 0 bridgehead atoms. The average Bonchev–Trinajstić information content (AvgIpc) is 2.53. The number of halogens is 3. The molecule has 0 amide bonds. The number of carboxylic acid groups (broad SMARTS) is 1. The average molecular weight is 423 g/mol. The van der Waals surface area contributed by atoms with Crippen LogP contribution in [-0.2, 0) is 14.8 Å². The van der Waals surface area contributed by atoms with Gasteiger partial charge in [-0.25, -0.2) is 13.2 Å². The molecule has 1 atom stereocenters. The Balaban J connectivity index is 2.67. The van der Waals surface area contributed by atoms with Crippen molar-refractivity contribution in [3.05, 3.63) is 57.0 Å². The van der Waals surface area contributed by atoms with Crippen molar-refractivity contribution in [2.45, 2.75) is 24.8 Å². The minimum Gasteiger partial charge on any atom is -0.480 e. The lowest BCUT2D eigenvalue weighted by Crippen LogP contribution is -2.43. The molecule has 2 rings (SSSR count). The van der Waals surface area contributed by atoms with E-state index in [-0.39, 0.29) is 20.6 Å². The van der Waals surface area contributed by atoms with E-state index in [0.29, 0.717) is 10.6 Å². The molecule has 0 aliphatic heterocycles. The Hall–Kier alpha value is -1.47. The number of carboxylic acids is 1. The summed E-state index contributed by atoms with van der Waals surface area (Å²) in [7, 11) is -4.20. The van der Waals surface area contributed by atoms with Crippen molar-refractivity contribution >= 4 is 56.5 Å². The van der Waals surface area contributed by atoms with E-state index in [9.17, 15) is 18.3 Å². The van der Waals surface area contributed by atoms with Crippen molar-refractivity contribution in [3.63, 3.8) is 0 Å². The highest BCUT2D eigenvalue weighted by Gasteiger charge is 2.33. The molecular weight excluding hydrogens is 409 g/mol. The van der Waals surface area contributed by atoms with Crippen molar-refractivity contribution in [2.75, 3.05) is 4.31 Å². The zero-order valence-corrected chi connectivity index (χ0v) is 16.3. The molecule has 0 spiro atoms. The van der Waals surface area contributed by atoms with Crippen molar-refractivity contribution < 1.29 is 18.3 Å². The van der Waals surface area contributed by atoms with Crippen LogP contribution in [0.2, 0.25) is 15.1 Å². The fourth-order valence-electron chi connectivity index (χ4n) is 2.19. The predicted molar refractivity (Wildman–Crippen MR) is 99.4 cm³/mol. The lowest BCUT2D eigenvalue weighted by molar-refractivity contribution is -0.137. The molecular formula is C16H14Cl3NO4S. The minimum absolute atomic E-state index is 0.0537. The highest BCUT2D eigenvalue weighted by atomic mass is 35.5. The molecule has 0 saturated heterocycles. The van der Waals surface area contributed by atoms with Gasteiger partial charge in [-0.3, -0.25) is 4.31 Å². The molecule has 0 aliphatic rings. The number of aliphatic carboxylic acids is 1. The third-order valence-electron chi connectivity index (χ3n) is 3.55. The molecule has 1 N–H and O–H groups in total. The first-order chi connectivity index (χ1) is 11.6. The molecule has 5 nitrogen and oxygen atoms in total. The Labute approximate surface area is 160 Å². The third kappa shape index (κ3) is 4.03. The fraction of sp³-hybridized carbons (Fsp3) is 0.188. The molecule has 2 aromatic carbocycles. The zero-order valence-electron chi connectivity index (χ0n) is 13.2. The molecule has 9 heteroatoms. The summed E-state index contributed by atoms with van der Waals surface area (Å²) in [6, 6.07) is 6.92. The molecule has 0 saturated carbocycles. The maximum absolute atomic E-state index is 13.1. The fourth-order valence-corrected chi connectivity index (χ4v) is 4.30. The van der Waals surface area contributed by atoms with Crippen LogP contribution in [0.1, 0.15) is 12.5 Å². The van der Waals surface area contributed by atoms with Gasteiger partial charge in [0, 0.05) is 5.02 Å². The van der Waals surface area contributed by atoms with Crippen LogP contribution in [0.5, 0.6) is 0 Å². The third-order valence-corrected chi connectivity index (χ3v) is 6.61. The van der Waals surface area contributed by atoms with Gasteiger partial charge in [-0.1, -0.05) is 34.8 Å². The summed E-state index contributed by atoms with van der Waals surface area (Å²) in [6.45, 7) is 2.97. The molecule has 1 unspecified atom stereocenters. The van der Waals surface area contributed by atoms with E-state index < -0.39 is 22.0 Å². The van der Waals surface area contributed by atoms with Crippen molar-refractivity contribution in [1.29, 1.82) is 0 Å². The van der Waals surface area contributed by atoms with E-state index in [0.717, 1.165) is 4.31 Å². The van der Waals surface area contributed by atoms with E-state index in [1.807, 2.05) is 0 Å². The Kier molecular flexibility index (Phi) is 5.89. The SMILES string of the molecule is Cc1cc(N(C(C)C(=O)O)S(=O)(=O)c2ccc(Cl)c(Cl)c2)ccc1Cl. The normalized spacial score (nSPS) is 12.7. The van der Waals surface area contributed by atoms with Gasteiger partial charge in [-0.05, 0) is 55.8 Å². The van der Waals surface area contributed by atoms with Crippen LogP contribution in [-0.4, -0.2) is 25.5 Å². The summed E-state index contributed by atoms with van der Waals surface area (Å²) in [6.07, 6.45) is 0. The van der Waals surface area contributed by atoms with Gasteiger partial charge in [-0.2, -0.15) is 0 Å². The lowest BCUT2D eigenvalue weighted by atomic mass is 10.2. The second-order valence-corrected chi connectivity index (χ2v) is 8.36. The number of rotatable bonds is 5. The smallest absolute Gasteiger partial charge is 0.327 e. The maximum atomic E-state index is 13.1. The number of hydrogen-bond acceptors (Lipinski definition) is 3. The van der Waals surface area contributed by atoms with Crippen molar-refractivity contribution in [3.8, 4) is 0 Å². The standard InChI is InChI=1S/C16H14Cl3NO4S/c1-9-7-11(3-5-13(9)17)20(10(2)16(21)22)25(23,24)12-4-6-14(18)15(19)8-12/h3-8,10H,1-2H3,(H,21,22). The van der Waals surface area contributed by atoms with Crippen LogP contribution < -0.4 is 4.31 Å². The molecule has 25 heavy (non-hydrogen) atoms. The first-order valence-corrected chi connectivity index (χ1v) is 9.61. The lowest BCUT2D eigenvalue weighted by Gasteiger charge is -2.28. The van der Waals surface area contributed by atoms with Crippen LogP contribution in [0.15, 0.2) is 41.3 Å². The highest BCUT2D eigenvalue weighted by molar-refractivity contribution is 7.93. The van der Waals surface area contributed by atoms with Gasteiger partial charge < -0.3 is 5.11 Å². The second-order valence-electron chi connectivity index (χ2n) is 5.32. The number of sulfonamides is 1. The molecule has 0 aliphatic carbocycles. The van der Waals surface area contributed by atoms with Crippen LogP contribution in [0.3, 0.4) is 0 Å². The summed E-state index contributed by atoms with van der Waals surface area (Å²) in [5, 5.41) is 10.1. The number of aryl methyl sites for hydroxylation is 1. The highest BCUT2D eigenvalue weighted by Crippen LogP contribution is 2.32. The number of nitrogens with zero attached hydrogens (tertiary/aromatic N) is 1.